The Balaban J connectivity index is 0.779. The van der Waals surface area contributed by atoms with Crippen LogP contribution in [0.2, 0.25) is 5.02 Å². The van der Waals surface area contributed by atoms with Gasteiger partial charge in [-0.25, -0.2) is 0 Å². The van der Waals surface area contributed by atoms with Crippen molar-refractivity contribution in [3.63, 3.8) is 0 Å². The predicted molar refractivity (Wildman–Crippen MR) is 223 cm³/mol. The Kier molecular flexibility index (Phi) is 13.4. The first-order valence-corrected chi connectivity index (χ1v) is 20.2. The summed E-state index contributed by atoms with van der Waals surface area (Å²) in [6.45, 7) is 11.8. The highest BCUT2D eigenvalue weighted by molar-refractivity contribution is 7.15. The maximum absolute atomic E-state index is 13.2. The summed E-state index contributed by atoms with van der Waals surface area (Å²) in [5.74, 6) is 1.27. The van der Waals surface area contributed by atoms with Gasteiger partial charge in [-0.3, -0.25) is 14.4 Å². The number of hydrogen-bond acceptors (Lipinski definition) is 9. The number of carbonyl (C=O) groups excluding carboxylic acids is 1. The lowest BCUT2D eigenvalue weighted by Crippen LogP contribution is -2.29. The van der Waals surface area contributed by atoms with Crippen LogP contribution in [0.1, 0.15) is 56.8 Å². The average molecular weight is 794 g/mol. The van der Waals surface area contributed by atoms with Crippen molar-refractivity contribution >= 4 is 45.5 Å². The molecule has 56 heavy (non-hydrogen) atoms. The van der Waals surface area contributed by atoms with Crippen LogP contribution >= 0.6 is 22.9 Å². The molecule has 0 radical (unpaired) electrons. The Labute approximate surface area is 336 Å². The monoisotopic (exact) mass is 793 g/mol. The van der Waals surface area contributed by atoms with Crippen LogP contribution < -0.4 is 10.6 Å². The predicted octanol–water partition coefficient (Wildman–Crippen LogP) is 7.15. The maximum atomic E-state index is 13.2. The highest BCUT2D eigenvalue weighted by Crippen LogP contribution is 2.39. The first-order valence-electron chi connectivity index (χ1n) is 19.0. The zero-order valence-electron chi connectivity index (χ0n) is 32.1. The fourth-order valence-corrected chi connectivity index (χ4v) is 8.25. The van der Waals surface area contributed by atoms with Gasteiger partial charge in [0.25, 0.3) is 0 Å². The number of halogens is 1. The molecule has 3 aromatic carbocycles. The van der Waals surface area contributed by atoms with E-state index < -0.39 is 6.04 Å². The summed E-state index contributed by atoms with van der Waals surface area (Å²) in [6.07, 6.45) is 2.29. The number of hydrogen-bond donors (Lipinski definition) is 2. The summed E-state index contributed by atoms with van der Waals surface area (Å²) in [4.78, 5) is 19.6. The molecule has 0 aliphatic carbocycles. The number of aryl methyl sites for hydroxylation is 2. The molecule has 3 aromatic heterocycles. The van der Waals surface area contributed by atoms with E-state index in [2.05, 4.69) is 94.0 Å². The van der Waals surface area contributed by atoms with Crippen LogP contribution in [-0.4, -0.2) is 83.7 Å². The third kappa shape index (κ3) is 9.46. The van der Waals surface area contributed by atoms with Crippen molar-refractivity contribution in [2.75, 3.05) is 52.7 Å². The molecule has 1 amide bonds. The van der Waals surface area contributed by atoms with Crippen LogP contribution in [0.4, 0.5) is 0 Å². The molecule has 11 nitrogen and oxygen atoms in total. The standard InChI is InChI=1S/C43H48ClN7O4S/c1-29-30(2)56-43-40(29)41(33-12-14-35(44)15-13-33)47-37(42-49-48-31(3)51(42)43)26-39(52)46-18-21-54-23-25-55-24-22-53-20-17-45-27-34-10-7-11-38-36(34)16-19-50(38)28-32-8-5-4-6-9-32/h4-16,19,37,45H,17-18,20-28H2,1-3H3,(H,46,52)/t37-/m0/s1. The molecular formula is C43H48ClN7O4S. The van der Waals surface area contributed by atoms with Crippen LogP contribution in [0.3, 0.4) is 0 Å². The summed E-state index contributed by atoms with van der Waals surface area (Å²) in [5.41, 5.74) is 7.74. The third-order valence-corrected chi connectivity index (χ3v) is 11.3. The van der Waals surface area contributed by atoms with Crippen molar-refractivity contribution in [3.8, 4) is 5.00 Å². The molecule has 292 valence electrons. The topological polar surface area (TPSA) is 117 Å². The molecule has 0 bridgehead atoms. The second-order valence-corrected chi connectivity index (χ2v) is 15.4. The number of nitrogens with zero attached hydrogens (tertiary/aromatic N) is 5. The minimum Gasteiger partial charge on any atom is -0.378 e. The molecule has 7 rings (SSSR count). The summed E-state index contributed by atoms with van der Waals surface area (Å²) < 4.78 is 21.5. The minimum absolute atomic E-state index is 0.125. The lowest BCUT2D eigenvalue weighted by atomic mass is 9.99. The molecule has 0 saturated heterocycles. The number of thiophene rings is 1. The van der Waals surface area contributed by atoms with Gasteiger partial charge in [-0.05, 0) is 61.7 Å². The fourth-order valence-electron chi connectivity index (χ4n) is 6.91. The van der Waals surface area contributed by atoms with Gasteiger partial charge in [0.05, 0.1) is 51.8 Å². The zero-order valence-corrected chi connectivity index (χ0v) is 33.7. The molecule has 0 fully saturated rings. The maximum Gasteiger partial charge on any atom is 0.222 e. The van der Waals surface area contributed by atoms with E-state index in [9.17, 15) is 4.79 Å². The van der Waals surface area contributed by atoms with Gasteiger partial charge in [-0.1, -0.05) is 66.2 Å². The number of benzene rings is 3. The summed E-state index contributed by atoms with van der Waals surface area (Å²) >= 11 is 7.91. The van der Waals surface area contributed by atoms with Crippen molar-refractivity contribution in [1.29, 1.82) is 0 Å². The second kappa shape index (κ2) is 19.0. The van der Waals surface area contributed by atoms with Crippen molar-refractivity contribution in [3.05, 3.63) is 134 Å². The number of aromatic nitrogens is 4. The molecule has 6 aromatic rings. The van der Waals surface area contributed by atoms with E-state index in [1.165, 1.54) is 26.9 Å². The number of amides is 1. The Bertz CT molecular complexity index is 2270. The van der Waals surface area contributed by atoms with Gasteiger partial charge >= 0.3 is 0 Å². The number of nitrogens with one attached hydrogen (secondary N) is 2. The molecule has 13 heteroatoms. The molecule has 2 N–H and O–H groups in total. The van der Waals surface area contributed by atoms with Gasteiger partial charge in [-0.2, -0.15) is 0 Å². The van der Waals surface area contributed by atoms with Gasteiger partial charge in [0.1, 0.15) is 16.9 Å². The number of fused-ring (bicyclic) bond motifs is 4. The van der Waals surface area contributed by atoms with Gasteiger partial charge in [0.2, 0.25) is 5.91 Å². The highest BCUT2D eigenvalue weighted by atomic mass is 35.5. The quantitative estimate of drug-likeness (QED) is 0.0838. The normalized spacial score (nSPS) is 13.7. The van der Waals surface area contributed by atoms with Crippen LogP contribution in [0, 0.1) is 20.8 Å². The van der Waals surface area contributed by atoms with Gasteiger partial charge < -0.3 is 29.4 Å². The smallest absolute Gasteiger partial charge is 0.222 e. The molecule has 4 heterocycles. The first-order chi connectivity index (χ1) is 27.4. The van der Waals surface area contributed by atoms with Gasteiger partial charge in [0.15, 0.2) is 5.82 Å². The highest BCUT2D eigenvalue weighted by Gasteiger charge is 2.32. The largest absolute Gasteiger partial charge is 0.378 e. The Hall–Kier alpha value is -4.69. The molecule has 0 saturated carbocycles. The third-order valence-electron chi connectivity index (χ3n) is 9.89. The van der Waals surface area contributed by atoms with Crippen molar-refractivity contribution in [2.45, 2.75) is 46.3 Å². The number of ether oxygens (including phenoxy) is 3. The molecule has 1 atom stereocenters. The zero-order chi connectivity index (χ0) is 38.9. The van der Waals surface area contributed by atoms with Crippen LogP contribution in [0.5, 0.6) is 0 Å². The van der Waals surface area contributed by atoms with Crippen molar-refractivity contribution < 1.29 is 19.0 Å². The minimum atomic E-state index is -0.521. The molecular weight excluding hydrogens is 746 g/mol. The van der Waals surface area contributed by atoms with Crippen LogP contribution in [-0.2, 0) is 32.1 Å². The second-order valence-electron chi connectivity index (χ2n) is 13.8. The van der Waals surface area contributed by atoms with E-state index in [0.717, 1.165) is 52.9 Å². The molecule has 1 aliphatic rings. The summed E-state index contributed by atoms with van der Waals surface area (Å²) in [5, 5.41) is 18.3. The number of rotatable bonds is 19. The number of aliphatic imine (C=N–C) groups is 1. The van der Waals surface area contributed by atoms with Crippen LogP contribution in [0.25, 0.3) is 15.9 Å². The summed E-state index contributed by atoms with van der Waals surface area (Å²) in [6, 6.07) is 26.3. The van der Waals surface area contributed by atoms with E-state index in [-0.39, 0.29) is 12.3 Å². The van der Waals surface area contributed by atoms with Crippen LogP contribution in [0.15, 0.2) is 90.1 Å². The lowest BCUT2D eigenvalue weighted by molar-refractivity contribution is -0.121. The number of carbonyl (C=O) groups is 1. The van der Waals surface area contributed by atoms with E-state index in [1.807, 2.05) is 41.8 Å². The Morgan fingerprint density at radius 3 is 2.34 bits per heavy atom. The molecule has 0 spiro atoms. The molecule has 1 aliphatic heterocycles. The van der Waals surface area contributed by atoms with Crippen molar-refractivity contribution in [2.24, 2.45) is 4.99 Å². The van der Waals surface area contributed by atoms with Crippen molar-refractivity contribution in [1.82, 2.24) is 30.0 Å². The van der Waals surface area contributed by atoms with E-state index in [1.54, 1.807) is 11.3 Å². The molecule has 0 unspecified atom stereocenters. The van der Waals surface area contributed by atoms with E-state index in [0.29, 0.717) is 57.0 Å². The summed E-state index contributed by atoms with van der Waals surface area (Å²) in [7, 11) is 0. The average Bonchev–Trinajstić information content (AvgIpc) is 3.86. The SMILES string of the molecule is Cc1sc2c(c1C)C(c1ccc(Cl)cc1)=N[C@@H](CC(=O)NCCOCCOCCOCCNCc1cccc3c1ccn3Cc1ccccc1)c1nnc(C)n1-2. The fraction of sp³-hybridized carbons (Fsp3) is 0.349. The Morgan fingerprint density at radius 2 is 1.57 bits per heavy atom. The van der Waals surface area contributed by atoms with E-state index in [4.69, 9.17) is 30.8 Å². The Morgan fingerprint density at radius 1 is 0.839 bits per heavy atom. The van der Waals surface area contributed by atoms with Gasteiger partial charge in [-0.15, -0.1) is 21.5 Å². The lowest BCUT2D eigenvalue weighted by Gasteiger charge is -2.13. The van der Waals surface area contributed by atoms with E-state index >= 15 is 0 Å². The van der Waals surface area contributed by atoms with Gasteiger partial charge in [0, 0.05) is 64.3 Å². The first kappa shape index (κ1) is 39.5.